The van der Waals surface area contributed by atoms with E-state index in [2.05, 4.69) is 22.2 Å². The van der Waals surface area contributed by atoms with E-state index in [0.717, 1.165) is 25.3 Å². The molecule has 18 heavy (non-hydrogen) atoms. The van der Waals surface area contributed by atoms with Crippen LogP contribution in [0.5, 0.6) is 0 Å². The molecule has 1 heterocycles. The predicted molar refractivity (Wildman–Crippen MR) is 71.2 cm³/mol. The smallest absolute Gasteiger partial charge is 0.122 e. The van der Waals surface area contributed by atoms with Crippen LogP contribution in [0, 0.1) is 0 Å². The second kappa shape index (κ2) is 6.31. The molecule has 5 nitrogen and oxygen atoms in total. The van der Waals surface area contributed by atoms with Crippen LogP contribution in [0.3, 0.4) is 0 Å². The molecule has 1 aliphatic rings. The van der Waals surface area contributed by atoms with Crippen LogP contribution in [-0.2, 0) is 13.6 Å². The van der Waals surface area contributed by atoms with Crippen molar-refractivity contribution in [1.29, 1.82) is 0 Å². The summed E-state index contributed by atoms with van der Waals surface area (Å²) in [5, 5.41) is 12.8. The Morgan fingerprint density at radius 2 is 2.39 bits per heavy atom. The zero-order chi connectivity index (χ0) is 13.0. The highest BCUT2D eigenvalue weighted by Gasteiger charge is 2.24. The van der Waals surface area contributed by atoms with Gasteiger partial charge in [-0.2, -0.15) is 0 Å². The lowest BCUT2D eigenvalue weighted by Gasteiger charge is -2.21. The highest BCUT2D eigenvalue weighted by atomic mass is 16.3. The summed E-state index contributed by atoms with van der Waals surface area (Å²) in [7, 11) is 4.11. The summed E-state index contributed by atoms with van der Waals surface area (Å²) in [5.74, 6) is 1.08. The molecule has 0 amide bonds. The van der Waals surface area contributed by atoms with Crippen molar-refractivity contribution in [2.45, 2.75) is 37.9 Å². The Balaban J connectivity index is 1.69. The van der Waals surface area contributed by atoms with Gasteiger partial charge in [0.2, 0.25) is 0 Å². The predicted octanol–water partition coefficient (Wildman–Crippen LogP) is 0.355. The number of aliphatic hydroxyl groups is 1. The number of rotatable bonds is 8. The Labute approximate surface area is 109 Å². The van der Waals surface area contributed by atoms with Gasteiger partial charge in [0.25, 0.3) is 0 Å². The Morgan fingerprint density at radius 3 is 2.94 bits per heavy atom. The standard InChI is InChI=1S/C13H24N4O/c1-16(9-13-14-6-8-17(13)2)7-5-12(10-18)15-11-3-4-11/h6,8,11-12,15,18H,3-5,7,9-10H2,1-2H3. The van der Waals surface area contributed by atoms with Gasteiger partial charge in [-0.1, -0.05) is 0 Å². The van der Waals surface area contributed by atoms with Gasteiger partial charge in [0.15, 0.2) is 0 Å². The van der Waals surface area contributed by atoms with E-state index in [4.69, 9.17) is 0 Å². The molecule has 1 unspecified atom stereocenters. The molecule has 1 aromatic rings. The van der Waals surface area contributed by atoms with Crippen molar-refractivity contribution < 1.29 is 5.11 Å². The molecule has 2 rings (SSSR count). The van der Waals surface area contributed by atoms with E-state index in [0.29, 0.717) is 6.04 Å². The minimum Gasteiger partial charge on any atom is -0.395 e. The zero-order valence-corrected chi connectivity index (χ0v) is 11.3. The van der Waals surface area contributed by atoms with Crippen molar-refractivity contribution in [3.05, 3.63) is 18.2 Å². The van der Waals surface area contributed by atoms with Crippen LogP contribution >= 0.6 is 0 Å². The van der Waals surface area contributed by atoms with E-state index >= 15 is 0 Å². The van der Waals surface area contributed by atoms with Crippen molar-refractivity contribution in [3.63, 3.8) is 0 Å². The van der Waals surface area contributed by atoms with Crippen LogP contribution in [0.2, 0.25) is 0 Å². The lowest BCUT2D eigenvalue weighted by atomic mass is 10.2. The topological polar surface area (TPSA) is 53.3 Å². The quantitative estimate of drug-likeness (QED) is 0.701. The highest BCUT2D eigenvalue weighted by molar-refractivity contribution is 4.91. The number of aryl methyl sites for hydroxylation is 1. The molecule has 1 aromatic heterocycles. The summed E-state index contributed by atoms with van der Waals surface area (Å²) in [6.07, 6.45) is 7.30. The largest absolute Gasteiger partial charge is 0.395 e. The number of hydrogen-bond donors (Lipinski definition) is 2. The third kappa shape index (κ3) is 4.08. The Bertz CT molecular complexity index is 362. The number of nitrogens with zero attached hydrogens (tertiary/aromatic N) is 3. The first-order valence-electron chi connectivity index (χ1n) is 6.70. The van der Waals surface area contributed by atoms with Gasteiger partial charge in [0, 0.05) is 31.5 Å². The number of aromatic nitrogens is 2. The maximum absolute atomic E-state index is 9.32. The lowest BCUT2D eigenvalue weighted by molar-refractivity contribution is 0.213. The molecule has 0 spiro atoms. The number of aliphatic hydroxyl groups excluding tert-OH is 1. The third-order valence-corrected chi connectivity index (χ3v) is 3.46. The number of hydrogen-bond acceptors (Lipinski definition) is 4. The first kappa shape index (κ1) is 13.5. The normalized spacial score (nSPS) is 17.3. The fourth-order valence-corrected chi connectivity index (χ4v) is 2.06. The maximum atomic E-state index is 9.32. The maximum Gasteiger partial charge on any atom is 0.122 e. The summed E-state index contributed by atoms with van der Waals surface area (Å²) in [6.45, 7) is 2.05. The van der Waals surface area contributed by atoms with Crippen molar-refractivity contribution in [2.24, 2.45) is 7.05 Å². The molecule has 1 atom stereocenters. The molecule has 1 aliphatic carbocycles. The molecular formula is C13H24N4O. The molecule has 0 bridgehead atoms. The van der Waals surface area contributed by atoms with Crippen LogP contribution in [-0.4, -0.2) is 51.8 Å². The third-order valence-electron chi connectivity index (χ3n) is 3.46. The van der Waals surface area contributed by atoms with Crippen LogP contribution in [0.25, 0.3) is 0 Å². The van der Waals surface area contributed by atoms with E-state index < -0.39 is 0 Å². The van der Waals surface area contributed by atoms with Gasteiger partial charge in [-0.25, -0.2) is 4.98 Å². The Kier molecular flexibility index (Phi) is 4.74. The van der Waals surface area contributed by atoms with Gasteiger partial charge in [0.1, 0.15) is 5.82 Å². The molecular weight excluding hydrogens is 228 g/mol. The van der Waals surface area contributed by atoms with Crippen molar-refractivity contribution >= 4 is 0 Å². The van der Waals surface area contributed by atoms with Crippen molar-refractivity contribution in [3.8, 4) is 0 Å². The monoisotopic (exact) mass is 252 g/mol. The fraction of sp³-hybridized carbons (Fsp3) is 0.769. The molecule has 5 heteroatoms. The molecule has 2 N–H and O–H groups in total. The number of imidazole rings is 1. The van der Waals surface area contributed by atoms with Gasteiger partial charge in [0.05, 0.1) is 13.2 Å². The van der Waals surface area contributed by atoms with Crippen LogP contribution < -0.4 is 5.32 Å². The van der Waals surface area contributed by atoms with Crippen molar-refractivity contribution in [1.82, 2.24) is 19.8 Å². The Hall–Kier alpha value is -0.910. The Morgan fingerprint density at radius 1 is 1.61 bits per heavy atom. The summed E-state index contributed by atoms with van der Waals surface area (Å²) in [6, 6.07) is 0.892. The molecule has 102 valence electrons. The first-order valence-corrected chi connectivity index (χ1v) is 6.70. The average Bonchev–Trinajstić information content (AvgIpc) is 3.09. The van der Waals surface area contributed by atoms with Crippen LogP contribution in [0.1, 0.15) is 25.1 Å². The van der Waals surface area contributed by atoms with Crippen LogP contribution in [0.4, 0.5) is 0 Å². The second-order valence-electron chi connectivity index (χ2n) is 5.30. The van der Waals surface area contributed by atoms with E-state index in [-0.39, 0.29) is 12.6 Å². The van der Waals surface area contributed by atoms with E-state index in [1.807, 2.05) is 24.0 Å². The minimum absolute atomic E-state index is 0.229. The van der Waals surface area contributed by atoms with Crippen molar-refractivity contribution in [2.75, 3.05) is 20.2 Å². The summed E-state index contributed by atoms with van der Waals surface area (Å²) in [5.41, 5.74) is 0. The van der Waals surface area contributed by atoms with E-state index in [9.17, 15) is 5.11 Å². The van der Waals surface area contributed by atoms with Gasteiger partial charge in [-0.15, -0.1) is 0 Å². The minimum atomic E-state index is 0.229. The van der Waals surface area contributed by atoms with E-state index in [1.54, 1.807) is 0 Å². The van der Waals surface area contributed by atoms with Gasteiger partial charge < -0.3 is 15.0 Å². The summed E-state index contributed by atoms with van der Waals surface area (Å²) in [4.78, 5) is 6.57. The van der Waals surface area contributed by atoms with Gasteiger partial charge >= 0.3 is 0 Å². The van der Waals surface area contributed by atoms with E-state index in [1.165, 1.54) is 12.8 Å². The molecule has 1 saturated carbocycles. The number of nitrogens with one attached hydrogen (secondary N) is 1. The summed E-state index contributed by atoms with van der Waals surface area (Å²) < 4.78 is 2.04. The van der Waals surface area contributed by atoms with Crippen LogP contribution in [0.15, 0.2) is 12.4 Å². The highest BCUT2D eigenvalue weighted by Crippen LogP contribution is 2.19. The molecule has 0 saturated heterocycles. The second-order valence-corrected chi connectivity index (χ2v) is 5.30. The average molecular weight is 252 g/mol. The zero-order valence-electron chi connectivity index (χ0n) is 11.3. The first-order chi connectivity index (χ1) is 8.69. The SMILES string of the molecule is CN(CCC(CO)NC1CC1)Cc1nccn1C. The molecule has 0 radical (unpaired) electrons. The molecule has 0 aromatic carbocycles. The van der Waals surface area contributed by atoms with Gasteiger partial charge in [-0.05, 0) is 32.9 Å². The van der Waals surface area contributed by atoms with Gasteiger partial charge in [-0.3, -0.25) is 4.90 Å². The fourth-order valence-electron chi connectivity index (χ4n) is 2.06. The summed E-state index contributed by atoms with van der Waals surface area (Å²) >= 11 is 0. The molecule has 0 aliphatic heterocycles. The molecule has 1 fully saturated rings. The lowest BCUT2D eigenvalue weighted by Crippen LogP contribution is -2.37.